The first-order chi connectivity index (χ1) is 13.0. The van der Waals surface area contributed by atoms with E-state index in [1.807, 2.05) is 38.4 Å². The van der Waals surface area contributed by atoms with E-state index in [4.69, 9.17) is 9.47 Å². The van der Waals surface area contributed by atoms with Crippen LogP contribution in [0, 0.1) is 0 Å². The molecule has 2 rings (SSSR count). The zero-order valence-corrected chi connectivity index (χ0v) is 16.4. The predicted octanol–water partition coefficient (Wildman–Crippen LogP) is 2.39. The van der Waals surface area contributed by atoms with E-state index in [1.54, 1.807) is 26.5 Å². The fourth-order valence-corrected chi connectivity index (χ4v) is 2.55. The lowest BCUT2D eigenvalue weighted by Gasteiger charge is -2.12. The molecule has 146 valence electrons. The summed E-state index contributed by atoms with van der Waals surface area (Å²) in [5.74, 6) is 1.21. The number of rotatable bonds is 10. The lowest BCUT2D eigenvalue weighted by molar-refractivity contribution is 0.0947. The Balaban J connectivity index is 1.92. The van der Waals surface area contributed by atoms with Crippen molar-refractivity contribution in [2.45, 2.75) is 13.0 Å². The molecule has 0 aliphatic carbocycles. The first kappa shape index (κ1) is 20.5. The third-order valence-corrected chi connectivity index (χ3v) is 4.00. The van der Waals surface area contributed by atoms with Crippen LogP contribution in [0.25, 0.3) is 0 Å². The molecule has 0 saturated carbocycles. The summed E-state index contributed by atoms with van der Waals surface area (Å²) in [4.78, 5) is 18.5. The van der Waals surface area contributed by atoms with Crippen molar-refractivity contribution in [1.82, 2.24) is 15.2 Å². The lowest BCUT2D eigenvalue weighted by atomic mass is 10.2. The van der Waals surface area contributed by atoms with Crippen molar-refractivity contribution in [3.63, 3.8) is 0 Å². The van der Waals surface area contributed by atoms with Gasteiger partial charge in [-0.25, -0.2) is 0 Å². The zero-order valence-electron chi connectivity index (χ0n) is 16.4. The Labute approximate surface area is 160 Å². The Bertz CT molecular complexity index is 750. The molecule has 7 heteroatoms. The van der Waals surface area contributed by atoms with E-state index in [9.17, 15) is 4.79 Å². The number of anilines is 1. The van der Waals surface area contributed by atoms with E-state index in [-0.39, 0.29) is 5.91 Å². The van der Waals surface area contributed by atoms with Crippen molar-refractivity contribution in [2.75, 3.05) is 46.7 Å². The van der Waals surface area contributed by atoms with Gasteiger partial charge in [-0.1, -0.05) is 6.07 Å². The highest BCUT2D eigenvalue weighted by Gasteiger charge is 2.08. The molecule has 0 saturated heterocycles. The van der Waals surface area contributed by atoms with Crippen molar-refractivity contribution in [3.05, 3.63) is 47.8 Å². The summed E-state index contributed by atoms with van der Waals surface area (Å²) in [5, 5.41) is 6.20. The van der Waals surface area contributed by atoms with Crippen LogP contribution >= 0.6 is 0 Å². The van der Waals surface area contributed by atoms with Gasteiger partial charge in [0.15, 0.2) is 11.5 Å². The van der Waals surface area contributed by atoms with Gasteiger partial charge in [0.05, 0.1) is 14.2 Å². The van der Waals surface area contributed by atoms with Crippen molar-refractivity contribution in [2.24, 2.45) is 0 Å². The minimum Gasteiger partial charge on any atom is -0.493 e. The number of ether oxygens (including phenoxy) is 2. The van der Waals surface area contributed by atoms with E-state index in [1.165, 1.54) is 0 Å². The van der Waals surface area contributed by atoms with Gasteiger partial charge in [-0.3, -0.25) is 9.78 Å². The average molecular weight is 372 g/mol. The molecule has 7 nitrogen and oxygen atoms in total. The highest BCUT2D eigenvalue weighted by atomic mass is 16.5. The van der Waals surface area contributed by atoms with Gasteiger partial charge >= 0.3 is 0 Å². The molecule has 1 aromatic carbocycles. The summed E-state index contributed by atoms with van der Waals surface area (Å²) in [5.41, 5.74) is 2.27. The maximum absolute atomic E-state index is 12.2. The number of hydrogen-bond acceptors (Lipinski definition) is 6. The van der Waals surface area contributed by atoms with Crippen LogP contribution in [-0.2, 0) is 6.54 Å². The van der Waals surface area contributed by atoms with Crippen molar-refractivity contribution < 1.29 is 14.3 Å². The number of amides is 1. The van der Waals surface area contributed by atoms with Gasteiger partial charge < -0.3 is 25.0 Å². The zero-order chi connectivity index (χ0) is 19.6. The molecule has 2 N–H and O–H groups in total. The molecule has 0 aliphatic heterocycles. The Morgan fingerprint density at radius 3 is 2.59 bits per heavy atom. The van der Waals surface area contributed by atoms with Crippen molar-refractivity contribution in [3.8, 4) is 11.5 Å². The summed E-state index contributed by atoms with van der Waals surface area (Å²) in [7, 11) is 7.25. The van der Waals surface area contributed by atoms with Gasteiger partial charge in [0, 0.05) is 25.0 Å². The summed E-state index contributed by atoms with van der Waals surface area (Å²) >= 11 is 0. The largest absolute Gasteiger partial charge is 0.493 e. The van der Waals surface area contributed by atoms with Crippen LogP contribution in [0.2, 0.25) is 0 Å². The second-order valence-corrected chi connectivity index (χ2v) is 6.39. The third kappa shape index (κ3) is 6.45. The molecule has 1 amide bonds. The number of nitrogens with zero attached hydrogens (tertiary/aromatic N) is 2. The highest BCUT2D eigenvalue weighted by molar-refractivity contribution is 5.93. The monoisotopic (exact) mass is 372 g/mol. The van der Waals surface area contributed by atoms with Gasteiger partial charge in [0.2, 0.25) is 0 Å². The minimum absolute atomic E-state index is 0.163. The van der Waals surface area contributed by atoms with Crippen molar-refractivity contribution in [1.29, 1.82) is 0 Å². The maximum Gasteiger partial charge on any atom is 0.269 e. The van der Waals surface area contributed by atoms with Gasteiger partial charge in [-0.15, -0.1) is 0 Å². The molecule has 27 heavy (non-hydrogen) atoms. The fourth-order valence-electron chi connectivity index (χ4n) is 2.55. The average Bonchev–Trinajstić information content (AvgIpc) is 2.69. The molecule has 0 unspecified atom stereocenters. The number of nitrogens with one attached hydrogen (secondary N) is 2. The standard InChI is InChI=1S/C20H28N4O3/c1-24(2)11-5-9-22-20(25)17-13-16(8-10-21-17)23-14-15-6-7-18(26-3)19(12-15)27-4/h6-8,10,12-13H,5,9,11,14H2,1-4H3,(H,21,23)(H,22,25). The number of pyridine rings is 1. The third-order valence-electron chi connectivity index (χ3n) is 4.00. The van der Waals surface area contributed by atoms with Gasteiger partial charge in [-0.2, -0.15) is 0 Å². The summed E-state index contributed by atoms with van der Waals surface area (Å²) < 4.78 is 10.6. The first-order valence-corrected chi connectivity index (χ1v) is 8.87. The second kappa shape index (κ2) is 10.4. The van der Waals surface area contributed by atoms with E-state index in [2.05, 4.69) is 20.5 Å². The summed E-state index contributed by atoms with van der Waals surface area (Å²) in [6, 6.07) is 9.35. The smallest absolute Gasteiger partial charge is 0.269 e. The lowest BCUT2D eigenvalue weighted by Crippen LogP contribution is -2.27. The number of benzene rings is 1. The quantitative estimate of drug-likeness (QED) is 0.624. The SMILES string of the molecule is COc1ccc(CNc2ccnc(C(=O)NCCCN(C)C)c2)cc1OC. The molecular weight excluding hydrogens is 344 g/mol. The van der Waals surface area contributed by atoms with Gasteiger partial charge in [0.25, 0.3) is 5.91 Å². The number of carbonyl (C=O) groups is 1. The second-order valence-electron chi connectivity index (χ2n) is 6.39. The van der Waals surface area contributed by atoms with Crippen LogP contribution in [0.4, 0.5) is 5.69 Å². The molecule has 0 atom stereocenters. The van der Waals surface area contributed by atoms with E-state index in [0.717, 1.165) is 24.2 Å². The molecule has 0 aliphatic rings. The molecule has 2 aromatic rings. The van der Waals surface area contributed by atoms with Crippen LogP contribution in [0.5, 0.6) is 11.5 Å². The normalized spacial score (nSPS) is 10.6. The van der Waals surface area contributed by atoms with Gasteiger partial charge in [0.1, 0.15) is 5.69 Å². The number of aromatic nitrogens is 1. The molecule has 0 fully saturated rings. The van der Waals surface area contributed by atoms with E-state index in [0.29, 0.717) is 30.3 Å². The van der Waals surface area contributed by atoms with Crippen LogP contribution in [-0.4, -0.2) is 57.2 Å². The number of hydrogen-bond donors (Lipinski definition) is 2. The molecule has 1 aromatic heterocycles. The molecule has 0 spiro atoms. The summed E-state index contributed by atoms with van der Waals surface area (Å²) in [6.07, 6.45) is 2.53. The van der Waals surface area contributed by atoms with Gasteiger partial charge in [-0.05, 0) is 56.9 Å². The Morgan fingerprint density at radius 2 is 1.89 bits per heavy atom. The van der Waals surface area contributed by atoms with Crippen LogP contribution in [0.15, 0.2) is 36.5 Å². The Hall–Kier alpha value is -2.80. The van der Waals surface area contributed by atoms with Crippen LogP contribution in [0.3, 0.4) is 0 Å². The van der Waals surface area contributed by atoms with E-state index >= 15 is 0 Å². The molecular formula is C20H28N4O3. The molecule has 0 radical (unpaired) electrons. The predicted molar refractivity (Wildman–Crippen MR) is 107 cm³/mol. The topological polar surface area (TPSA) is 75.7 Å². The van der Waals surface area contributed by atoms with E-state index < -0.39 is 0 Å². The maximum atomic E-state index is 12.2. The molecule has 0 bridgehead atoms. The van der Waals surface area contributed by atoms with Crippen LogP contribution < -0.4 is 20.1 Å². The Kier molecular flexibility index (Phi) is 7.88. The fraction of sp³-hybridized carbons (Fsp3) is 0.400. The highest BCUT2D eigenvalue weighted by Crippen LogP contribution is 2.27. The number of carbonyl (C=O) groups excluding carboxylic acids is 1. The number of methoxy groups -OCH3 is 2. The van der Waals surface area contributed by atoms with Crippen molar-refractivity contribution >= 4 is 11.6 Å². The summed E-state index contributed by atoms with van der Waals surface area (Å²) in [6.45, 7) is 2.15. The molecule has 1 heterocycles. The minimum atomic E-state index is -0.163. The first-order valence-electron chi connectivity index (χ1n) is 8.87. The Morgan fingerprint density at radius 1 is 1.11 bits per heavy atom. The van der Waals surface area contributed by atoms with Crippen LogP contribution in [0.1, 0.15) is 22.5 Å².